The van der Waals surface area contributed by atoms with Crippen molar-refractivity contribution in [1.82, 2.24) is 25.0 Å². The molecule has 3 atom stereocenters. The first-order chi connectivity index (χ1) is 14.3. The molecule has 0 saturated carbocycles. The second-order valence-corrected chi connectivity index (χ2v) is 8.32. The van der Waals surface area contributed by atoms with Gasteiger partial charge in [0.15, 0.2) is 0 Å². The molecule has 1 saturated heterocycles. The fourth-order valence-electron chi connectivity index (χ4n) is 3.45. The number of H-pyrrole nitrogens is 1. The van der Waals surface area contributed by atoms with E-state index in [0.29, 0.717) is 29.2 Å². The van der Waals surface area contributed by atoms with Crippen molar-refractivity contribution in [1.29, 1.82) is 0 Å². The zero-order valence-electron chi connectivity index (χ0n) is 17.0. The number of rotatable bonds is 4. The van der Waals surface area contributed by atoms with E-state index in [1.807, 2.05) is 13.8 Å². The molecule has 0 radical (unpaired) electrons. The number of hydrogen-bond acceptors (Lipinski definition) is 7. The summed E-state index contributed by atoms with van der Waals surface area (Å²) < 4.78 is 21.3. The van der Waals surface area contributed by atoms with E-state index in [0.717, 1.165) is 17.0 Å². The number of nitrogens with two attached hydrogens (primary N) is 1. The highest BCUT2D eigenvalue weighted by atomic mass is 32.1. The zero-order valence-corrected chi connectivity index (χ0v) is 17.8. The number of aryl methyl sites for hydroxylation is 2. The molecule has 4 heterocycles. The zero-order chi connectivity index (χ0) is 21.4. The Balaban J connectivity index is 1.53. The van der Waals surface area contributed by atoms with E-state index >= 15 is 0 Å². The highest BCUT2D eigenvalue weighted by Gasteiger charge is 2.30. The second-order valence-electron chi connectivity index (χ2n) is 7.46. The van der Waals surface area contributed by atoms with Crippen molar-refractivity contribution in [3.05, 3.63) is 34.2 Å². The Morgan fingerprint density at radius 1 is 1.43 bits per heavy atom. The Morgan fingerprint density at radius 3 is 2.97 bits per heavy atom. The fourth-order valence-corrected chi connectivity index (χ4v) is 4.29. The van der Waals surface area contributed by atoms with Crippen LogP contribution in [-0.2, 0) is 11.8 Å². The smallest absolute Gasteiger partial charge is 0.275 e. The van der Waals surface area contributed by atoms with Gasteiger partial charge >= 0.3 is 0 Å². The summed E-state index contributed by atoms with van der Waals surface area (Å²) in [6, 6.07) is -0.552. The van der Waals surface area contributed by atoms with Crippen molar-refractivity contribution in [2.45, 2.75) is 45.0 Å². The van der Waals surface area contributed by atoms with Crippen LogP contribution in [0.4, 0.5) is 10.1 Å². The minimum atomic E-state index is -1.20. The van der Waals surface area contributed by atoms with Crippen molar-refractivity contribution >= 4 is 22.9 Å². The van der Waals surface area contributed by atoms with Gasteiger partial charge < -0.3 is 15.8 Å². The Bertz CT molecular complexity index is 1050. The Kier molecular flexibility index (Phi) is 5.67. The van der Waals surface area contributed by atoms with Gasteiger partial charge in [-0.15, -0.1) is 11.3 Å². The lowest BCUT2D eigenvalue weighted by atomic mass is 10.0. The number of anilines is 1. The van der Waals surface area contributed by atoms with Crippen LogP contribution in [0.25, 0.3) is 10.7 Å². The molecule has 4 N–H and O–H groups in total. The normalized spacial score (nSPS) is 22.1. The standard InChI is InChI=1S/C19H24FN7O2S/c1-9-10(2)25-26-16(9)19-24-14(8-30-19)18(28)23-13-6-22-27(3)17(13)15-5-4-12(21)11(20)7-29-15/h6,8,11-12,15H,4-5,7,21H2,1-3H3,(H,23,28)(H,25,26)/t11-,12-,15+/m1/s1. The van der Waals surface area contributed by atoms with Gasteiger partial charge in [-0.2, -0.15) is 10.2 Å². The van der Waals surface area contributed by atoms with Crippen LogP contribution in [0, 0.1) is 13.8 Å². The molecule has 4 rings (SSSR count). The lowest BCUT2D eigenvalue weighted by molar-refractivity contribution is 0.0247. The van der Waals surface area contributed by atoms with E-state index in [-0.39, 0.29) is 18.2 Å². The molecule has 1 fully saturated rings. The predicted octanol–water partition coefficient (Wildman–Crippen LogP) is 2.65. The Morgan fingerprint density at radius 2 is 2.23 bits per heavy atom. The third-order valence-electron chi connectivity index (χ3n) is 5.41. The summed E-state index contributed by atoms with van der Waals surface area (Å²) in [5.41, 5.74) is 10.0. The number of amides is 1. The molecular weight excluding hydrogens is 409 g/mol. The maximum Gasteiger partial charge on any atom is 0.275 e. The summed E-state index contributed by atoms with van der Waals surface area (Å²) in [5, 5.41) is 16.7. The van der Waals surface area contributed by atoms with E-state index in [2.05, 4.69) is 25.6 Å². The average Bonchev–Trinajstić information content (AvgIpc) is 3.40. The van der Waals surface area contributed by atoms with Crippen molar-refractivity contribution < 1.29 is 13.9 Å². The van der Waals surface area contributed by atoms with Gasteiger partial charge in [0, 0.05) is 29.7 Å². The number of ether oxygens (including phenoxy) is 1. The van der Waals surface area contributed by atoms with Crippen LogP contribution in [0.15, 0.2) is 11.6 Å². The SMILES string of the molecule is Cc1[nH]nc(-c2nc(C(=O)Nc3cnn(C)c3[C@@H]3CC[C@@H](N)[C@H](F)CO3)cs2)c1C. The molecule has 1 aliphatic rings. The van der Waals surface area contributed by atoms with E-state index in [1.54, 1.807) is 23.3 Å². The largest absolute Gasteiger partial charge is 0.369 e. The molecule has 0 spiro atoms. The van der Waals surface area contributed by atoms with Gasteiger partial charge in [-0.3, -0.25) is 14.6 Å². The summed E-state index contributed by atoms with van der Waals surface area (Å²) in [6.07, 6.45) is 0.984. The summed E-state index contributed by atoms with van der Waals surface area (Å²) in [6.45, 7) is 3.81. The number of nitrogens with one attached hydrogen (secondary N) is 2. The van der Waals surface area contributed by atoms with E-state index < -0.39 is 18.3 Å². The van der Waals surface area contributed by atoms with Gasteiger partial charge in [0.25, 0.3) is 5.91 Å². The molecule has 0 aliphatic carbocycles. The molecular formula is C19H24FN7O2S. The molecule has 3 aromatic heterocycles. The van der Waals surface area contributed by atoms with Crippen molar-refractivity contribution in [2.75, 3.05) is 11.9 Å². The van der Waals surface area contributed by atoms with Crippen LogP contribution in [-0.4, -0.2) is 49.7 Å². The quantitative estimate of drug-likeness (QED) is 0.581. The number of nitrogens with zero attached hydrogens (tertiary/aromatic N) is 4. The Labute approximate surface area is 176 Å². The topological polar surface area (TPSA) is 124 Å². The van der Waals surface area contributed by atoms with Gasteiger partial charge in [-0.05, 0) is 26.7 Å². The van der Waals surface area contributed by atoms with Gasteiger partial charge in [-0.1, -0.05) is 0 Å². The monoisotopic (exact) mass is 433 g/mol. The van der Waals surface area contributed by atoms with Gasteiger partial charge in [0.2, 0.25) is 0 Å². The molecule has 0 unspecified atom stereocenters. The third kappa shape index (κ3) is 3.87. The molecule has 1 amide bonds. The number of hydrogen-bond donors (Lipinski definition) is 3. The molecule has 160 valence electrons. The minimum Gasteiger partial charge on any atom is -0.369 e. The van der Waals surface area contributed by atoms with Crippen LogP contribution < -0.4 is 11.1 Å². The number of aromatic amines is 1. The second kappa shape index (κ2) is 8.25. The van der Waals surface area contributed by atoms with Crippen molar-refractivity contribution in [3.8, 4) is 10.7 Å². The van der Waals surface area contributed by atoms with Crippen LogP contribution in [0.1, 0.15) is 46.4 Å². The first-order valence-electron chi connectivity index (χ1n) is 9.67. The van der Waals surface area contributed by atoms with Crippen molar-refractivity contribution in [3.63, 3.8) is 0 Å². The molecule has 30 heavy (non-hydrogen) atoms. The van der Waals surface area contributed by atoms with Gasteiger partial charge in [0.05, 0.1) is 24.2 Å². The summed E-state index contributed by atoms with van der Waals surface area (Å²) >= 11 is 1.35. The first-order valence-corrected chi connectivity index (χ1v) is 10.5. The first kappa shape index (κ1) is 20.6. The van der Waals surface area contributed by atoms with E-state index in [1.165, 1.54) is 11.3 Å². The van der Waals surface area contributed by atoms with E-state index in [4.69, 9.17) is 10.5 Å². The molecule has 1 aliphatic heterocycles. The number of thiazole rings is 1. The third-order valence-corrected chi connectivity index (χ3v) is 6.26. The van der Waals surface area contributed by atoms with Crippen LogP contribution >= 0.6 is 11.3 Å². The van der Waals surface area contributed by atoms with Crippen LogP contribution in [0.3, 0.4) is 0 Å². The number of carbonyl (C=O) groups is 1. The van der Waals surface area contributed by atoms with E-state index in [9.17, 15) is 9.18 Å². The summed E-state index contributed by atoms with van der Waals surface area (Å²) in [7, 11) is 1.76. The molecule has 0 aromatic carbocycles. The molecule has 0 bridgehead atoms. The predicted molar refractivity (Wildman–Crippen MR) is 111 cm³/mol. The van der Waals surface area contributed by atoms with Gasteiger partial charge in [-0.25, -0.2) is 9.37 Å². The summed E-state index contributed by atoms with van der Waals surface area (Å²) in [5.74, 6) is -0.356. The van der Waals surface area contributed by atoms with Crippen molar-refractivity contribution in [2.24, 2.45) is 12.8 Å². The maximum atomic E-state index is 13.9. The number of halogens is 1. The Hall–Kier alpha value is -2.63. The summed E-state index contributed by atoms with van der Waals surface area (Å²) in [4.78, 5) is 17.2. The highest BCUT2D eigenvalue weighted by molar-refractivity contribution is 7.13. The highest BCUT2D eigenvalue weighted by Crippen LogP contribution is 2.33. The molecule has 9 nitrogen and oxygen atoms in total. The van der Waals surface area contributed by atoms with Crippen LogP contribution in [0.2, 0.25) is 0 Å². The minimum absolute atomic E-state index is 0.0811. The fraction of sp³-hybridized carbons (Fsp3) is 0.474. The molecule has 3 aromatic rings. The lowest BCUT2D eigenvalue weighted by Crippen LogP contribution is -2.32. The van der Waals surface area contributed by atoms with Gasteiger partial charge in [0.1, 0.15) is 28.7 Å². The maximum absolute atomic E-state index is 13.9. The van der Waals surface area contributed by atoms with Crippen LogP contribution in [0.5, 0.6) is 0 Å². The average molecular weight is 434 g/mol. The number of aromatic nitrogens is 5. The molecule has 11 heteroatoms. The number of alkyl halides is 1. The number of carbonyl (C=O) groups excluding carboxylic acids is 1. The lowest BCUT2D eigenvalue weighted by Gasteiger charge is -2.17.